The van der Waals surface area contributed by atoms with Crippen LogP contribution in [-0.2, 0) is 14.4 Å². The van der Waals surface area contributed by atoms with Crippen LogP contribution in [0.25, 0.3) is 0 Å². The summed E-state index contributed by atoms with van der Waals surface area (Å²) in [5, 5.41) is 6.59. The van der Waals surface area contributed by atoms with E-state index in [-0.39, 0.29) is 53.7 Å². The predicted octanol–water partition coefficient (Wildman–Crippen LogP) is 4.53. The summed E-state index contributed by atoms with van der Waals surface area (Å²) in [6, 6.07) is 19.6. The van der Waals surface area contributed by atoms with E-state index in [4.69, 9.17) is 0 Å². The molecule has 7 heteroatoms. The average molecular weight is 547 g/mol. The van der Waals surface area contributed by atoms with Crippen molar-refractivity contribution in [3.63, 3.8) is 0 Å². The lowest BCUT2D eigenvalue weighted by Crippen LogP contribution is -2.58. The highest BCUT2D eigenvalue weighted by Gasteiger charge is 2.41. The molecule has 4 rings (SSSR count). The molecule has 2 aromatic rings. The minimum atomic E-state index is -0.277. The van der Waals surface area contributed by atoms with E-state index in [1.807, 2.05) is 55.1 Å². The van der Waals surface area contributed by atoms with Gasteiger partial charge in [-0.05, 0) is 42.7 Å². The van der Waals surface area contributed by atoms with E-state index in [9.17, 15) is 14.4 Å². The van der Waals surface area contributed by atoms with Crippen LogP contribution in [0.2, 0.25) is 0 Å². The first kappa shape index (κ1) is 29.8. The van der Waals surface area contributed by atoms with Crippen LogP contribution in [0.1, 0.15) is 77.0 Å². The Balaban J connectivity index is 1.54. The van der Waals surface area contributed by atoms with Gasteiger partial charge in [0.1, 0.15) is 0 Å². The first-order chi connectivity index (χ1) is 19.3. The molecule has 4 atom stereocenters. The molecule has 3 amide bonds. The summed E-state index contributed by atoms with van der Waals surface area (Å²) >= 11 is 0. The van der Waals surface area contributed by atoms with Gasteiger partial charge in [0.25, 0.3) is 0 Å². The smallest absolute Gasteiger partial charge is 0.238 e. The normalized spacial score (nSPS) is 22.4. The van der Waals surface area contributed by atoms with Gasteiger partial charge >= 0.3 is 0 Å². The van der Waals surface area contributed by atoms with Crippen LogP contribution in [0.3, 0.4) is 0 Å². The molecule has 0 aliphatic carbocycles. The SMILES string of the molecule is CC[C@@H](C)C(=O)NC1CN(C(=O)CC(C)C)CC[C@H]2CC[C@@H](C(=O)NC(c3ccccc3)c3ccccc3)N2C1. The maximum Gasteiger partial charge on any atom is 0.238 e. The van der Waals surface area contributed by atoms with Gasteiger partial charge in [0.05, 0.1) is 18.1 Å². The number of nitrogens with zero attached hydrogens (tertiary/aromatic N) is 2. The lowest BCUT2D eigenvalue weighted by Gasteiger charge is -2.39. The van der Waals surface area contributed by atoms with E-state index < -0.39 is 0 Å². The summed E-state index contributed by atoms with van der Waals surface area (Å²) in [4.78, 5) is 44.2. The molecule has 2 fully saturated rings. The van der Waals surface area contributed by atoms with Gasteiger partial charge in [0, 0.05) is 38.0 Å². The Morgan fingerprint density at radius 3 is 2.08 bits per heavy atom. The minimum Gasteiger partial charge on any atom is -0.350 e. The van der Waals surface area contributed by atoms with Crippen LogP contribution in [-0.4, -0.2) is 65.3 Å². The van der Waals surface area contributed by atoms with Crippen molar-refractivity contribution in [3.05, 3.63) is 71.8 Å². The van der Waals surface area contributed by atoms with Crippen molar-refractivity contribution in [2.45, 2.75) is 84.0 Å². The second-order valence-electron chi connectivity index (χ2n) is 11.9. The van der Waals surface area contributed by atoms with E-state index in [2.05, 4.69) is 53.6 Å². The molecule has 2 aliphatic rings. The van der Waals surface area contributed by atoms with Gasteiger partial charge in [-0.25, -0.2) is 0 Å². The third-order valence-corrected chi connectivity index (χ3v) is 8.44. The summed E-state index contributed by atoms with van der Waals surface area (Å²) in [6.45, 7) is 9.73. The number of fused-ring (bicyclic) bond motifs is 1. The second kappa shape index (κ2) is 13.9. The van der Waals surface area contributed by atoms with Gasteiger partial charge in [0.2, 0.25) is 17.7 Å². The molecule has 216 valence electrons. The highest BCUT2D eigenvalue weighted by molar-refractivity contribution is 5.83. The quantitative estimate of drug-likeness (QED) is 0.484. The third kappa shape index (κ3) is 7.51. The fraction of sp³-hybridized carbons (Fsp3) is 0.545. The largest absolute Gasteiger partial charge is 0.350 e. The molecule has 0 bridgehead atoms. The molecule has 2 aromatic carbocycles. The topological polar surface area (TPSA) is 81.8 Å². The van der Waals surface area contributed by atoms with Gasteiger partial charge in [-0.15, -0.1) is 0 Å². The Hall–Kier alpha value is -3.19. The molecular formula is C33H46N4O3. The zero-order valence-corrected chi connectivity index (χ0v) is 24.5. The monoisotopic (exact) mass is 546 g/mol. The zero-order chi connectivity index (χ0) is 28.6. The molecule has 0 radical (unpaired) electrons. The van der Waals surface area contributed by atoms with Gasteiger partial charge < -0.3 is 15.5 Å². The van der Waals surface area contributed by atoms with Crippen molar-refractivity contribution in [2.75, 3.05) is 19.6 Å². The van der Waals surface area contributed by atoms with E-state index in [0.717, 1.165) is 36.8 Å². The van der Waals surface area contributed by atoms with Gasteiger partial charge in [-0.1, -0.05) is 88.4 Å². The number of nitrogens with one attached hydrogen (secondary N) is 2. The first-order valence-corrected chi connectivity index (χ1v) is 15.0. The van der Waals surface area contributed by atoms with E-state index in [1.54, 1.807) is 0 Å². The van der Waals surface area contributed by atoms with Crippen LogP contribution in [0, 0.1) is 11.8 Å². The average Bonchev–Trinajstić information content (AvgIpc) is 3.33. The fourth-order valence-corrected chi connectivity index (χ4v) is 5.99. The van der Waals surface area contributed by atoms with Crippen LogP contribution >= 0.6 is 0 Å². The van der Waals surface area contributed by atoms with Crippen molar-refractivity contribution < 1.29 is 14.4 Å². The van der Waals surface area contributed by atoms with Crippen LogP contribution < -0.4 is 10.6 Å². The molecule has 2 N–H and O–H groups in total. The molecular weight excluding hydrogens is 500 g/mol. The predicted molar refractivity (Wildman–Crippen MR) is 158 cm³/mol. The minimum absolute atomic E-state index is 0.00861. The summed E-state index contributed by atoms with van der Waals surface area (Å²) in [6.07, 6.45) is 3.76. The van der Waals surface area contributed by atoms with Gasteiger partial charge in [-0.2, -0.15) is 0 Å². The Morgan fingerprint density at radius 1 is 0.875 bits per heavy atom. The molecule has 0 saturated carbocycles. The summed E-state index contributed by atoms with van der Waals surface area (Å²) in [5.74, 6) is 0.350. The number of hydrogen-bond acceptors (Lipinski definition) is 4. The van der Waals surface area contributed by atoms with E-state index in [0.29, 0.717) is 26.1 Å². The molecule has 7 nitrogen and oxygen atoms in total. The fourth-order valence-electron chi connectivity index (χ4n) is 5.99. The van der Waals surface area contributed by atoms with Gasteiger partial charge in [0.15, 0.2) is 0 Å². The molecule has 0 spiro atoms. The molecule has 2 aliphatic heterocycles. The molecule has 2 heterocycles. The Bertz CT molecular complexity index is 1080. The molecule has 0 aromatic heterocycles. The van der Waals surface area contributed by atoms with E-state index in [1.165, 1.54) is 0 Å². The van der Waals surface area contributed by atoms with Crippen LogP contribution in [0.4, 0.5) is 0 Å². The van der Waals surface area contributed by atoms with Crippen LogP contribution in [0.5, 0.6) is 0 Å². The highest BCUT2D eigenvalue weighted by atomic mass is 16.2. The number of hydrogen-bond donors (Lipinski definition) is 2. The third-order valence-electron chi connectivity index (χ3n) is 8.44. The standard InChI is InChI=1S/C33H46N4O3/c1-5-24(4)32(39)34-27-21-36(30(38)20-23(2)3)19-18-28-16-17-29(37(28)22-27)33(40)35-31(25-12-8-6-9-13-25)26-14-10-7-11-15-26/h6-15,23-24,27-29,31H,5,16-22H2,1-4H3,(H,34,39)(H,35,40)/t24-,27?,28-,29+/m1/s1. The zero-order valence-electron chi connectivity index (χ0n) is 24.5. The summed E-state index contributed by atoms with van der Waals surface area (Å²) in [5.41, 5.74) is 2.09. The first-order valence-electron chi connectivity index (χ1n) is 15.0. The second-order valence-corrected chi connectivity index (χ2v) is 11.9. The molecule has 2 saturated heterocycles. The molecule has 40 heavy (non-hydrogen) atoms. The number of carbonyl (C=O) groups is 3. The maximum absolute atomic E-state index is 13.9. The van der Waals surface area contributed by atoms with Crippen molar-refractivity contribution in [2.24, 2.45) is 11.8 Å². The number of amides is 3. The highest BCUT2D eigenvalue weighted by Crippen LogP contribution is 2.30. The van der Waals surface area contributed by atoms with Crippen molar-refractivity contribution in [1.82, 2.24) is 20.4 Å². The number of carbonyl (C=O) groups excluding carboxylic acids is 3. The van der Waals surface area contributed by atoms with Crippen molar-refractivity contribution >= 4 is 17.7 Å². The van der Waals surface area contributed by atoms with Crippen LogP contribution in [0.15, 0.2) is 60.7 Å². The number of rotatable bonds is 9. The van der Waals surface area contributed by atoms with Crippen molar-refractivity contribution in [1.29, 1.82) is 0 Å². The molecule has 1 unspecified atom stereocenters. The Labute approximate surface area is 239 Å². The number of benzene rings is 2. The maximum atomic E-state index is 13.9. The van der Waals surface area contributed by atoms with Gasteiger partial charge in [-0.3, -0.25) is 19.3 Å². The van der Waals surface area contributed by atoms with E-state index >= 15 is 0 Å². The summed E-state index contributed by atoms with van der Waals surface area (Å²) < 4.78 is 0. The Morgan fingerprint density at radius 2 is 1.50 bits per heavy atom. The Kier molecular flexibility index (Phi) is 10.4. The summed E-state index contributed by atoms with van der Waals surface area (Å²) in [7, 11) is 0. The van der Waals surface area contributed by atoms with Crippen molar-refractivity contribution in [3.8, 4) is 0 Å². The lowest BCUT2D eigenvalue weighted by atomic mass is 9.98. The lowest BCUT2D eigenvalue weighted by molar-refractivity contribution is -0.135.